The van der Waals surface area contributed by atoms with Gasteiger partial charge in [-0.2, -0.15) is 0 Å². The molecule has 0 aromatic rings. The lowest BCUT2D eigenvalue weighted by Crippen LogP contribution is -2.20. The molecule has 15 heavy (non-hydrogen) atoms. The molecule has 90 valence electrons. The molecule has 0 aromatic heterocycles. The molecule has 0 aliphatic heterocycles. The molecule has 1 rings (SSSR count). The third kappa shape index (κ3) is 5.55. The van der Waals surface area contributed by atoms with Gasteiger partial charge in [-0.15, -0.1) is 0 Å². The Labute approximate surface area is 95.6 Å². The second-order valence-corrected chi connectivity index (χ2v) is 5.01. The largest absolute Gasteiger partial charge is 0.378 e. The highest BCUT2D eigenvalue weighted by atomic mass is 16.5. The van der Waals surface area contributed by atoms with Crippen LogP contribution in [0.15, 0.2) is 0 Å². The summed E-state index contributed by atoms with van der Waals surface area (Å²) in [5.41, 5.74) is 0. The Bertz CT molecular complexity index is 138. The summed E-state index contributed by atoms with van der Waals surface area (Å²) < 4.78 is 6.03. The van der Waals surface area contributed by atoms with Crippen LogP contribution in [0.1, 0.15) is 71.6 Å². The average molecular weight is 212 g/mol. The summed E-state index contributed by atoms with van der Waals surface area (Å²) in [6.45, 7) is 5.58. The van der Waals surface area contributed by atoms with Gasteiger partial charge < -0.3 is 4.74 Å². The predicted molar refractivity (Wildman–Crippen MR) is 66.1 cm³/mol. The zero-order valence-corrected chi connectivity index (χ0v) is 10.6. The Morgan fingerprint density at radius 1 is 1.13 bits per heavy atom. The second kappa shape index (κ2) is 8.15. The molecule has 0 saturated heterocycles. The van der Waals surface area contributed by atoms with Crippen LogP contribution in [0.5, 0.6) is 0 Å². The molecular formula is C14H28O. The predicted octanol–water partition coefficient (Wildman–Crippen LogP) is 4.55. The molecule has 1 aliphatic rings. The van der Waals surface area contributed by atoms with Gasteiger partial charge in [0.2, 0.25) is 0 Å². The van der Waals surface area contributed by atoms with Crippen molar-refractivity contribution in [1.82, 2.24) is 0 Å². The Morgan fingerprint density at radius 3 is 2.47 bits per heavy atom. The van der Waals surface area contributed by atoms with Gasteiger partial charge in [0.25, 0.3) is 0 Å². The van der Waals surface area contributed by atoms with Gasteiger partial charge in [0, 0.05) is 6.61 Å². The van der Waals surface area contributed by atoms with Gasteiger partial charge in [0.1, 0.15) is 0 Å². The standard InChI is InChI=1S/C14H28O/c1-3-5-9-13(4-2)12-15-14-10-7-6-8-11-14/h13-14H,3-12H2,1-2H3. The van der Waals surface area contributed by atoms with E-state index in [1.54, 1.807) is 0 Å². The van der Waals surface area contributed by atoms with Crippen LogP contribution in [0.25, 0.3) is 0 Å². The van der Waals surface area contributed by atoms with Crippen LogP contribution in [-0.4, -0.2) is 12.7 Å². The first-order chi connectivity index (χ1) is 7.36. The number of hydrogen-bond acceptors (Lipinski definition) is 1. The SMILES string of the molecule is CCCCC(CC)COC1CCCCC1. The first-order valence-electron chi connectivity index (χ1n) is 6.98. The first-order valence-corrected chi connectivity index (χ1v) is 6.98. The van der Waals surface area contributed by atoms with Crippen LogP contribution in [0, 0.1) is 5.92 Å². The van der Waals surface area contributed by atoms with E-state index in [9.17, 15) is 0 Å². The minimum absolute atomic E-state index is 0.592. The Balaban J connectivity index is 2.09. The van der Waals surface area contributed by atoms with Crippen molar-refractivity contribution in [3.63, 3.8) is 0 Å². The van der Waals surface area contributed by atoms with E-state index in [1.165, 1.54) is 57.8 Å². The fourth-order valence-corrected chi connectivity index (χ4v) is 2.40. The van der Waals surface area contributed by atoms with Crippen molar-refractivity contribution in [3.8, 4) is 0 Å². The number of hydrogen-bond donors (Lipinski definition) is 0. The maximum absolute atomic E-state index is 6.03. The quantitative estimate of drug-likeness (QED) is 0.601. The third-order valence-corrected chi connectivity index (χ3v) is 3.66. The lowest BCUT2D eigenvalue weighted by atomic mass is 9.97. The first kappa shape index (κ1) is 13.0. The van der Waals surface area contributed by atoms with Crippen LogP contribution >= 0.6 is 0 Å². The number of rotatable bonds is 7. The maximum atomic E-state index is 6.03. The van der Waals surface area contributed by atoms with Crippen LogP contribution in [0.4, 0.5) is 0 Å². The molecule has 1 fully saturated rings. The van der Waals surface area contributed by atoms with E-state index >= 15 is 0 Å². The lowest BCUT2D eigenvalue weighted by molar-refractivity contribution is 0.00526. The van der Waals surface area contributed by atoms with Gasteiger partial charge in [-0.05, 0) is 25.2 Å². The highest BCUT2D eigenvalue weighted by molar-refractivity contribution is 4.66. The van der Waals surface area contributed by atoms with Crippen molar-refractivity contribution in [2.24, 2.45) is 5.92 Å². The van der Waals surface area contributed by atoms with E-state index < -0.39 is 0 Å². The fourth-order valence-electron chi connectivity index (χ4n) is 2.40. The lowest BCUT2D eigenvalue weighted by Gasteiger charge is -2.24. The molecule has 0 radical (unpaired) electrons. The Hall–Kier alpha value is -0.0400. The van der Waals surface area contributed by atoms with Crippen LogP contribution in [0.2, 0.25) is 0 Å². The zero-order chi connectivity index (χ0) is 10.9. The van der Waals surface area contributed by atoms with E-state index in [4.69, 9.17) is 4.74 Å². The zero-order valence-electron chi connectivity index (χ0n) is 10.6. The highest BCUT2D eigenvalue weighted by Crippen LogP contribution is 2.22. The highest BCUT2D eigenvalue weighted by Gasteiger charge is 2.15. The van der Waals surface area contributed by atoms with Crippen molar-refractivity contribution < 1.29 is 4.74 Å². The normalized spacial score (nSPS) is 20.4. The summed E-state index contributed by atoms with van der Waals surface area (Å²) in [7, 11) is 0. The molecule has 1 saturated carbocycles. The molecule has 0 aromatic carbocycles. The molecule has 1 heteroatoms. The van der Waals surface area contributed by atoms with Gasteiger partial charge in [0.15, 0.2) is 0 Å². The number of unbranched alkanes of at least 4 members (excludes halogenated alkanes) is 1. The van der Waals surface area contributed by atoms with Crippen molar-refractivity contribution in [2.75, 3.05) is 6.61 Å². The number of ether oxygens (including phenoxy) is 1. The molecule has 0 N–H and O–H groups in total. The van der Waals surface area contributed by atoms with E-state index in [2.05, 4.69) is 13.8 Å². The molecule has 1 unspecified atom stereocenters. The summed E-state index contributed by atoms with van der Waals surface area (Å²) in [5.74, 6) is 0.812. The Kier molecular flexibility index (Phi) is 7.08. The molecular weight excluding hydrogens is 184 g/mol. The molecule has 1 nitrogen and oxygen atoms in total. The summed E-state index contributed by atoms with van der Waals surface area (Å²) >= 11 is 0. The van der Waals surface area contributed by atoms with Crippen molar-refractivity contribution in [3.05, 3.63) is 0 Å². The van der Waals surface area contributed by atoms with Gasteiger partial charge in [-0.25, -0.2) is 0 Å². The average Bonchev–Trinajstić information content (AvgIpc) is 2.31. The van der Waals surface area contributed by atoms with Gasteiger partial charge in [-0.1, -0.05) is 52.4 Å². The molecule has 1 atom stereocenters. The van der Waals surface area contributed by atoms with E-state index in [0.717, 1.165) is 12.5 Å². The van der Waals surface area contributed by atoms with Crippen LogP contribution < -0.4 is 0 Å². The van der Waals surface area contributed by atoms with E-state index in [-0.39, 0.29) is 0 Å². The van der Waals surface area contributed by atoms with Gasteiger partial charge >= 0.3 is 0 Å². The minimum Gasteiger partial charge on any atom is -0.378 e. The van der Waals surface area contributed by atoms with Gasteiger partial charge in [0.05, 0.1) is 6.10 Å². The topological polar surface area (TPSA) is 9.23 Å². The maximum Gasteiger partial charge on any atom is 0.0575 e. The summed E-state index contributed by atoms with van der Waals surface area (Å²) in [5, 5.41) is 0. The van der Waals surface area contributed by atoms with Gasteiger partial charge in [-0.3, -0.25) is 0 Å². The van der Waals surface area contributed by atoms with Crippen molar-refractivity contribution in [1.29, 1.82) is 0 Å². The smallest absolute Gasteiger partial charge is 0.0575 e. The monoisotopic (exact) mass is 212 g/mol. The summed E-state index contributed by atoms with van der Waals surface area (Å²) in [6.07, 6.45) is 12.7. The van der Waals surface area contributed by atoms with Crippen molar-refractivity contribution >= 4 is 0 Å². The Morgan fingerprint density at radius 2 is 1.87 bits per heavy atom. The summed E-state index contributed by atoms with van der Waals surface area (Å²) in [6, 6.07) is 0. The third-order valence-electron chi connectivity index (χ3n) is 3.66. The molecule has 0 amide bonds. The van der Waals surface area contributed by atoms with E-state index in [0.29, 0.717) is 6.10 Å². The molecule has 1 aliphatic carbocycles. The second-order valence-electron chi connectivity index (χ2n) is 5.01. The molecule has 0 spiro atoms. The van der Waals surface area contributed by atoms with Crippen LogP contribution in [-0.2, 0) is 4.74 Å². The molecule has 0 heterocycles. The van der Waals surface area contributed by atoms with E-state index in [1.807, 2.05) is 0 Å². The molecule has 0 bridgehead atoms. The van der Waals surface area contributed by atoms with Crippen LogP contribution in [0.3, 0.4) is 0 Å². The fraction of sp³-hybridized carbons (Fsp3) is 1.00. The minimum atomic E-state index is 0.592. The summed E-state index contributed by atoms with van der Waals surface area (Å²) in [4.78, 5) is 0. The van der Waals surface area contributed by atoms with Crippen molar-refractivity contribution in [2.45, 2.75) is 77.7 Å².